The van der Waals surface area contributed by atoms with Crippen molar-refractivity contribution in [3.63, 3.8) is 0 Å². The molecule has 1 N–H and O–H groups in total. The van der Waals surface area contributed by atoms with Gasteiger partial charge in [0.25, 0.3) is 0 Å². The molecule has 0 amide bonds. The second-order valence-corrected chi connectivity index (χ2v) is 6.21. The molecule has 0 atom stereocenters. The molecular formula is C21H19N5O. The smallest absolute Gasteiger partial charge is 0.229 e. The van der Waals surface area contributed by atoms with Crippen LogP contribution in [0.4, 0.5) is 17.5 Å². The van der Waals surface area contributed by atoms with E-state index in [-0.39, 0.29) is 0 Å². The highest BCUT2D eigenvalue weighted by Gasteiger charge is 2.16. The second-order valence-electron chi connectivity index (χ2n) is 6.21. The van der Waals surface area contributed by atoms with Gasteiger partial charge in [0.05, 0.1) is 30.5 Å². The van der Waals surface area contributed by atoms with Gasteiger partial charge < -0.3 is 15.0 Å². The van der Waals surface area contributed by atoms with Crippen LogP contribution in [0.2, 0.25) is 0 Å². The van der Waals surface area contributed by atoms with Crippen molar-refractivity contribution in [2.75, 3.05) is 36.5 Å². The van der Waals surface area contributed by atoms with Crippen LogP contribution in [-0.2, 0) is 4.74 Å². The molecular weight excluding hydrogens is 338 g/mol. The number of nitriles is 1. The molecule has 0 radical (unpaired) electrons. The molecule has 2 aromatic carbocycles. The van der Waals surface area contributed by atoms with Crippen LogP contribution in [0.15, 0.2) is 60.7 Å². The number of benzene rings is 2. The van der Waals surface area contributed by atoms with E-state index in [4.69, 9.17) is 20.0 Å². The highest BCUT2D eigenvalue weighted by molar-refractivity contribution is 5.66. The van der Waals surface area contributed by atoms with Gasteiger partial charge in [0.1, 0.15) is 5.82 Å². The van der Waals surface area contributed by atoms with E-state index in [1.807, 2.05) is 48.5 Å². The first-order valence-electron chi connectivity index (χ1n) is 8.86. The summed E-state index contributed by atoms with van der Waals surface area (Å²) in [6, 6.07) is 21.5. The Hall–Kier alpha value is -3.43. The largest absolute Gasteiger partial charge is 0.378 e. The predicted molar refractivity (Wildman–Crippen MR) is 105 cm³/mol. The minimum absolute atomic E-state index is 0.530. The average Bonchev–Trinajstić information content (AvgIpc) is 2.75. The highest BCUT2D eigenvalue weighted by atomic mass is 16.5. The molecule has 3 aromatic rings. The SMILES string of the molecule is N#Cc1ccc(Nc2nc(-c3ccccc3)cc(N3CCOCC3)n2)cc1. The predicted octanol–water partition coefficient (Wildman–Crippen LogP) is 3.60. The molecule has 0 unspecified atom stereocenters. The fourth-order valence-electron chi connectivity index (χ4n) is 2.96. The van der Waals surface area contributed by atoms with Crippen molar-refractivity contribution in [1.29, 1.82) is 5.26 Å². The average molecular weight is 357 g/mol. The summed E-state index contributed by atoms with van der Waals surface area (Å²) < 4.78 is 5.46. The number of nitrogens with zero attached hydrogens (tertiary/aromatic N) is 4. The Morgan fingerprint density at radius 2 is 1.70 bits per heavy atom. The van der Waals surface area contributed by atoms with Gasteiger partial charge in [-0.25, -0.2) is 4.98 Å². The zero-order valence-electron chi connectivity index (χ0n) is 14.8. The van der Waals surface area contributed by atoms with Crippen molar-refractivity contribution in [3.05, 3.63) is 66.2 Å². The summed E-state index contributed by atoms with van der Waals surface area (Å²) in [5, 5.41) is 12.2. The van der Waals surface area contributed by atoms with E-state index >= 15 is 0 Å². The zero-order valence-corrected chi connectivity index (χ0v) is 14.8. The van der Waals surface area contributed by atoms with Crippen molar-refractivity contribution in [2.45, 2.75) is 0 Å². The summed E-state index contributed by atoms with van der Waals surface area (Å²) >= 11 is 0. The van der Waals surface area contributed by atoms with Gasteiger partial charge in [-0.05, 0) is 24.3 Å². The molecule has 27 heavy (non-hydrogen) atoms. The molecule has 1 saturated heterocycles. The van der Waals surface area contributed by atoms with E-state index in [1.165, 1.54) is 0 Å². The standard InChI is InChI=1S/C21H19N5O/c22-15-16-6-8-18(9-7-16)23-21-24-19(17-4-2-1-3-5-17)14-20(25-21)26-10-12-27-13-11-26/h1-9,14H,10-13H2,(H,23,24,25). The monoisotopic (exact) mass is 357 g/mol. The molecule has 0 spiro atoms. The molecule has 134 valence electrons. The van der Waals surface area contributed by atoms with Crippen molar-refractivity contribution in [3.8, 4) is 17.3 Å². The highest BCUT2D eigenvalue weighted by Crippen LogP contribution is 2.25. The fourth-order valence-corrected chi connectivity index (χ4v) is 2.96. The van der Waals surface area contributed by atoms with Crippen LogP contribution in [0, 0.1) is 11.3 Å². The van der Waals surface area contributed by atoms with E-state index in [1.54, 1.807) is 12.1 Å². The first kappa shape index (κ1) is 17.0. The molecule has 1 fully saturated rings. The Morgan fingerprint density at radius 3 is 2.41 bits per heavy atom. The van der Waals surface area contributed by atoms with Gasteiger partial charge >= 0.3 is 0 Å². The molecule has 4 rings (SSSR count). The summed E-state index contributed by atoms with van der Waals surface area (Å²) in [5.74, 6) is 1.41. The van der Waals surface area contributed by atoms with E-state index in [9.17, 15) is 0 Å². The Balaban J connectivity index is 1.69. The van der Waals surface area contributed by atoms with Crippen molar-refractivity contribution in [2.24, 2.45) is 0 Å². The lowest BCUT2D eigenvalue weighted by Gasteiger charge is -2.28. The second kappa shape index (κ2) is 7.85. The minimum atomic E-state index is 0.530. The molecule has 1 aromatic heterocycles. The maximum absolute atomic E-state index is 8.95. The van der Waals surface area contributed by atoms with Crippen LogP contribution >= 0.6 is 0 Å². The number of rotatable bonds is 4. The molecule has 1 aliphatic rings. The van der Waals surface area contributed by atoms with E-state index in [2.05, 4.69) is 16.3 Å². The molecule has 0 bridgehead atoms. The number of aromatic nitrogens is 2. The lowest BCUT2D eigenvalue weighted by molar-refractivity contribution is 0.122. The molecule has 6 heteroatoms. The number of nitrogens with one attached hydrogen (secondary N) is 1. The number of ether oxygens (including phenoxy) is 1. The first-order valence-corrected chi connectivity index (χ1v) is 8.86. The Labute approximate surface area is 158 Å². The van der Waals surface area contributed by atoms with E-state index in [0.717, 1.165) is 35.9 Å². The summed E-state index contributed by atoms with van der Waals surface area (Å²) in [5.41, 5.74) is 3.36. The third-order valence-electron chi connectivity index (χ3n) is 4.39. The van der Waals surface area contributed by atoms with Crippen LogP contribution in [-0.4, -0.2) is 36.3 Å². The summed E-state index contributed by atoms with van der Waals surface area (Å²) in [4.78, 5) is 11.6. The lowest BCUT2D eigenvalue weighted by atomic mass is 10.1. The Bertz CT molecular complexity index is 945. The molecule has 1 aliphatic heterocycles. The van der Waals surface area contributed by atoms with Crippen LogP contribution in [0.25, 0.3) is 11.3 Å². The van der Waals surface area contributed by atoms with Crippen molar-refractivity contribution >= 4 is 17.5 Å². The van der Waals surface area contributed by atoms with Gasteiger partial charge in [-0.3, -0.25) is 0 Å². The number of anilines is 3. The van der Waals surface area contributed by atoms with Gasteiger partial charge in [0.15, 0.2) is 0 Å². The molecule has 2 heterocycles. The van der Waals surface area contributed by atoms with Gasteiger partial charge in [0.2, 0.25) is 5.95 Å². The third-order valence-corrected chi connectivity index (χ3v) is 4.39. The van der Waals surface area contributed by atoms with Gasteiger partial charge in [-0.2, -0.15) is 10.2 Å². The van der Waals surface area contributed by atoms with Crippen LogP contribution in [0.3, 0.4) is 0 Å². The number of morpholine rings is 1. The van der Waals surface area contributed by atoms with Gasteiger partial charge in [-0.1, -0.05) is 30.3 Å². The number of hydrogen-bond acceptors (Lipinski definition) is 6. The van der Waals surface area contributed by atoms with Crippen LogP contribution in [0.5, 0.6) is 0 Å². The Kier molecular flexibility index (Phi) is 4.95. The van der Waals surface area contributed by atoms with E-state index in [0.29, 0.717) is 24.7 Å². The quantitative estimate of drug-likeness (QED) is 0.769. The van der Waals surface area contributed by atoms with Crippen molar-refractivity contribution < 1.29 is 4.74 Å². The minimum Gasteiger partial charge on any atom is -0.378 e. The summed E-state index contributed by atoms with van der Waals surface area (Å²) in [6.07, 6.45) is 0. The fraction of sp³-hybridized carbons (Fsp3) is 0.190. The first-order chi connectivity index (χ1) is 13.3. The van der Waals surface area contributed by atoms with Crippen LogP contribution in [0.1, 0.15) is 5.56 Å². The third kappa shape index (κ3) is 4.05. The number of hydrogen-bond donors (Lipinski definition) is 1. The molecule has 0 saturated carbocycles. The Morgan fingerprint density at radius 1 is 0.963 bits per heavy atom. The molecule has 6 nitrogen and oxygen atoms in total. The normalized spacial score (nSPS) is 13.8. The maximum atomic E-state index is 8.95. The van der Waals surface area contributed by atoms with Gasteiger partial charge in [0, 0.05) is 30.4 Å². The van der Waals surface area contributed by atoms with Crippen molar-refractivity contribution in [1.82, 2.24) is 9.97 Å². The lowest BCUT2D eigenvalue weighted by Crippen LogP contribution is -2.36. The zero-order chi connectivity index (χ0) is 18.5. The summed E-state index contributed by atoms with van der Waals surface area (Å²) in [6.45, 7) is 3.01. The van der Waals surface area contributed by atoms with Gasteiger partial charge in [-0.15, -0.1) is 0 Å². The maximum Gasteiger partial charge on any atom is 0.229 e. The summed E-state index contributed by atoms with van der Waals surface area (Å²) in [7, 11) is 0. The van der Waals surface area contributed by atoms with E-state index < -0.39 is 0 Å². The molecule has 0 aliphatic carbocycles. The topological polar surface area (TPSA) is 74.1 Å². The van der Waals surface area contributed by atoms with Crippen LogP contribution < -0.4 is 10.2 Å².